The van der Waals surface area contributed by atoms with E-state index in [-0.39, 0.29) is 5.78 Å². The van der Waals surface area contributed by atoms with Crippen LogP contribution in [0, 0.1) is 13.8 Å². The van der Waals surface area contributed by atoms with Gasteiger partial charge in [-0.3, -0.25) is 9.69 Å². The Balaban J connectivity index is 1.39. The van der Waals surface area contributed by atoms with Crippen LogP contribution < -0.4 is 18.9 Å². The van der Waals surface area contributed by atoms with Gasteiger partial charge in [-0.15, -0.1) is 0 Å². The molecule has 0 amide bonds. The lowest BCUT2D eigenvalue weighted by Gasteiger charge is -2.30. The van der Waals surface area contributed by atoms with Crippen LogP contribution in [0.3, 0.4) is 0 Å². The van der Waals surface area contributed by atoms with E-state index < -0.39 is 0 Å². The zero-order valence-electron chi connectivity index (χ0n) is 19.8. The molecule has 174 valence electrons. The Hall–Kier alpha value is -3.77. The molecule has 3 aromatic rings. The third kappa shape index (κ3) is 4.01. The van der Waals surface area contributed by atoms with Crippen LogP contribution in [0.15, 0.2) is 54.3 Å². The third-order valence-corrected chi connectivity index (χ3v) is 6.20. The molecule has 3 aromatic carbocycles. The molecule has 0 aromatic heterocycles. The van der Waals surface area contributed by atoms with Gasteiger partial charge < -0.3 is 18.9 Å². The van der Waals surface area contributed by atoms with Crippen molar-refractivity contribution in [3.05, 3.63) is 87.7 Å². The van der Waals surface area contributed by atoms with Gasteiger partial charge in [0.1, 0.15) is 18.2 Å². The fourth-order valence-corrected chi connectivity index (χ4v) is 4.55. The molecule has 0 N–H and O–H groups in total. The van der Waals surface area contributed by atoms with Gasteiger partial charge in [-0.1, -0.05) is 35.9 Å². The van der Waals surface area contributed by atoms with Crippen molar-refractivity contribution in [2.24, 2.45) is 0 Å². The number of nitrogens with zero attached hydrogens (tertiary/aromatic N) is 1. The topological polar surface area (TPSA) is 57.2 Å². The van der Waals surface area contributed by atoms with Crippen LogP contribution in [0.2, 0.25) is 0 Å². The van der Waals surface area contributed by atoms with Gasteiger partial charge in [0.05, 0.1) is 19.8 Å². The summed E-state index contributed by atoms with van der Waals surface area (Å²) in [6.07, 6.45) is 1.80. The quantitative estimate of drug-likeness (QED) is 0.486. The summed E-state index contributed by atoms with van der Waals surface area (Å²) in [4.78, 5) is 15.3. The Labute approximate surface area is 199 Å². The van der Waals surface area contributed by atoms with E-state index in [0.717, 1.165) is 33.6 Å². The van der Waals surface area contributed by atoms with Crippen molar-refractivity contribution < 1.29 is 23.7 Å². The van der Waals surface area contributed by atoms with E-state index in [1.807, 2.05) is 62.4 Å². The molecule has 34 heavy (non-hydrogen) atoms. The summed E-state index contributed by atoms with van der Waals surface area (Å²) >= 11 is 0. The highest BCUT2D eigenvalue weighted by Crippen LogP contribution is 2.43. The molecule has 2 aliphatic rings. The molecule has 0 saturated carbocycles. The zero-order valence-corrected chi connectivity index (χ0v) is 19.8. The van der Waals surface area contributed by atoms with Crippen LogP contribution in [0.25, 0.3) is 6.08 Å². The van der Waals surface area contributed by atoms with Crippen molar-refractivity contribution in [3.63, 3.8) is 0 Å². The second-order valence-electron chi connectivity index (χ2n) is 8.67. The molecule has 2 heterocycles. The predicted molar refractivity (Wildman–Crippen MR) is 130 cm³/mol. The number of hydrogen-bond acceptors (Lipinski definition) is 6. The first-order chi connectivity index (χ1) is 16.5. The van der Waals surface area contributed by atoms with Crippen molar-refractivity contribution in [2.75, 3.05) is 21.0 Å². The number of allylic oxidation sites excluding steroid dienone is 1. The predicted octanol–water partition coefficient (Wildman–Crippen LogP) is 5.29. The first-order valence-electron chi connectivity index (χ1n) is 11.2. The summed E-state index contributed by atoms with van der Waals surface area (Å²) in [5.41, 5.74) is 5.59. The molecule has 0 radical (unpaired) electrons. The highest BCUT2D eigenvalue weighted by molar-refractivity contribution is 6.15. The standard InChI is InChI=1S/C28H27NO5/c1-17-6-5-7-19(10-17)11-25-26(30)22-13-21-15-29(16-33-27(21)18(2)28(22)34-25)14-20-8-9-23(31-3)24(12-20)32-4/h5-13H,14-16H2,1-4H3/b25-11-. The van der Waals surface area contributed by atoms with E-state index in [0.29, 0.717) is 48.4 Å². The van der Waals surface area contributed by atoms with E-state index in [1.54, 1.807) is 20.3 Å². The van der Waals surface area contributed by atoms with E-state index in [9.17, 15) is 4.79 Å². The lowest BCUT2D eigenvalue weighted by molar-refractivity contribution is 0.0876. The Morgan fingerprint density at radius 3 is 2.59 bits per heavy atom. The van der Waals surface area contributed by atoms with E-state index in [2.05, 4.69) is 4.90 Å². The number of carbonyl (C=O) groups excluding carboxylic acids is 1. The lowest BCUT2D eigenvalue weighted by Crippen LogP contribution is -2.32. The molecule has 0 spiro atoms. The van der Waals surface area contributed by atoms with Crippen LogP contribution in [-0.4, -0.2) is 31.6 Å². The van der Waals surface area contributed by atoms with E-state index in [4.69, 9.17) is 18.9 Å². The van der Waals surface area contributed by atoms with Crippen LogP contribution in [0.4, 0.5) is 0 Å². The lowest BCUT2D eigenvalue weighted by atomic mass is 9.99. The highest BCUT2D eigenvalue weighted by atomic mass is 16.5. The third-order valence-electron chi connectivity index (χ3n) is 6.20. The number of benzene rings is 3. The maximum Gasteiger partial charge on any atom is 0.231 e. The summed E-state index contributed by atoms with van der Waals surface area (Å²) in [5.74, 6) is 3.03. The first kappa shape index (κ1) is 22.0. The Morgan fingerprint density at radius 1 is 1.00 bits per heavy atom. The fraction of sp³-hybridized carbons (Fsp3) is 0.250. The normalized spacial score (nSPS) is 16.0. The SMILES string of the molecule is COc1ccc(CN2COc3c(cc4c(c3C)O/C(=C\c3cccc(C)c3)C4=O)C2)cc1OC. The molecule has 6 heteroatoms. The van der Waals surface area contributed by atoms with Gasteiger partial charge in [0.2, 0.25) is 5.78 Å². The minimum absolute atomic E-state index is 0.0978. The summed E-state index contributed by atoms with van der Waals surface area (Å²) in [6.45, 7) is 5.77. The molecule has 6 nitrogen and oxygen atoms in total. The van der Waals surface area contributed by atoms with Crippen molar-refractivity contribution in [3.8, 4) is 23.0 Å². The molecule has 5 rings (SSSR count). The number of Topliss-reactive ketones (excluding diaryl/α,β-unsaturated/α-hetero) is 1. The molecule has 0 unspecified atom stereocenters. The minimum atomic E-state index is -0.0978. The molecule has 0 aliphatic carbocycles. The van der Waals surface area contributed by atoms with Crippen molar-refractivity contribution in [1.29, 1.82) is 0 Å². The number of rotatable bonds is 5. The van der Waals surface area contributed by atoms with Crippen LogP contribution >= 0.6 is 0 Å². The molecule has 0 saturated heterocycles. The second-order valence-corrected chi connectivity index (χ2v) is 8.67. The summed E-state index contributed by atoms with van der Waals surface area (Å²) in [6, 6.07) is 15.8. The maximum atomic E-state index is 13.2. The average molecular weight is 458 g/mol. The van der Waals surface area contributed by atoms with Gasteiger partial charge in [-0.2, -0.15) is 0 Å². The van der Waals surface area contributed by atoms with E-state index >= 15 is 0 Å². The maximum absolute atomic E-state index is 13.2. The molecular weight excluding hydrogens is 430 g/mol. The smallest absolute Gasteiger partial charge is 0.231 e. The summed E-state index contributed by atoms with van der Waals surface area (Å²) < 4.78 is 22.9. The van der Waals surface area contributed by atoms with Gasteiger partial charge in [-0.25, -0.2) is 0 Å². The molecule has 2 aliphatic heterocycles. The largest absolute Gasteiger partial charge is 0.493 e. The number of ether oxygens (including phenoxy) is 4. The fourth-order valence-electron chi connectivity index (χ4n) is 4.55. The number of hydrogen-bond donors (Lipinski definition) is 0. The number of carbonyl (C=O) groups is 1. The molecule has 0 bridgehead atoms. The molecular formula is C28H27NO5. The average Bonchev–Trinajstić information content (AvgIpc) is 3.14. The minimum Gasteiger partial charge on any atom is -0.493 e. The Bertz CT molecular complexity index is 1310. The van der Waals surface area contributed by atoms with Crippen molar-refractivity contribution in [1.82, 2.24) is 4.90 Å². The zero-order chi connectivity index (χ0) is 23.8. The van der Waals surface area contributed by atoms with Gasteiger partial charge in [0.25, 0.3) is 0 Å². The van der Waals surface area contributed by atoms with Crippen LogP contribution in [0.5, 0.6) is 23.0 Å². The number of ketones is 1. The monoisotopic (exact) mass is 457 g/mol. The van der Waals surface area contributed by atoms with Crippen LogP contribution in [0.1, 0.15) is 38.2 Å². The van der Waals surface area contributed by atoms with Crippen LogP contribution in [-0.2, 0) is 13.1 Å². The van der Waals surface area contributed by atoms with E-state index in [1.165, 1.54) is 0 Å². The highest BCUT2D eigenvalue weighted by Gasteiger charge is 2.33. The Kier molecular flexibility index (Phi) is 5.75. The number of fused-ring (bicyclic) bond motifs is 2. The summed E-state index contributed by atoms with van der Waals surface area (Å²) in [5, 5.41) is 0. The summed E-state index contributed by atoms with van der Waals surface area (Å²) in [7, 11) is 3.26. The number of aryl methyl sites for hydroxylation is 1. The second kappa shape index (κ2) is 8.88. The van der Waals surface area contributed by atoms with Gasteiger partial charge in [0.15, 0.2) is 17.3 Å². The molecule has 0 fully saturated rings. The van der Waals surface area contributed by atoms with Crippen molar-refractivity contribution >= 4 is 11.9 Å². The number of methoxy groups -OCH3 is 2. The molecule has 0 atom stereocenters. The van der Waals surface area contributed by atoms with Gasteiger partial charge in [0, 0.05) is 24.2 Å². The van der Waals surface area contributed by atoms with Gasteiger partial charge >= 0.3 is 0 Å². The van der Waals surface area contributed by atoms with Crippen molar-refractivity contribution in [2.45, 2.75) is 26.9 Å². The van der Waals surface area contributed by atoms with Gasteiger partial charge in [-0.05, 0) is 49.2 Å². The Morgan fingerprint density at radius 2 is 1.82 bits per heavy atom. The first-order valence-corrected chi connectivity index (χ1v) is 11.2.